The fraction of sp³-hybridized carbons (Fsp3) is 0.588. The molecule has 3 nitrogen and oxygen atoms in total. The Hall–Kier alpha value is -1.35. The van der Waals surface area contributed by atoms with Gasteiger partial charge < -0.3 is 10.4 Å². The van der Waals surface area contributed by atoms with Crippen LogP contribution in [0.5, 0.6) is 0 Å². The van der Waals surface area contributed by atoms with Crippen LogP contribution < -0.4 is 5.32 Å². The number of aryl methyl sites for hydroxylation is 2. The minimum atomic E-state index is -0.0490. The Morgan fingerprint density at radius 3 is 2.50 bits per heavy atom. The van der Waals surface area contributed by atoms with Crippen LogP contribution in [0.4, 0.5) is 0 Å². The van der Waals surface area contributed by atoms with Crippen molar-refractivity contribution in [3.63, 3.8) is 0 Å². The number of hydrogen-bond donors (Lipinski definition) is 2. The average molecular weight is 277 g/mol. The maximum absolute atomic E-state index is 11.7. The first-order valence-electron chi connectivity index (χ1n) is 7.36. The Bertz CT molecular complexity index is 410. The summed E-state index contributed by atoms with van der Waals surface area (Å²) in [6.45, 7) is 7.01. The summed E-state index contributed by atoms with van der Waals surface area (Å²) < 4.78 is 0. The van der Waals surface area contributed by atoms with E-state index in [0.717, 1.165) is 19.3 Å². The lowest BCUT2D eigenvalue weighted by Crippen LogP contribution is -2.26. The summed E-state index contributed by atoms with van der Waals surface area (Å²) in [6.07, 6.45) is 3.15. The Balaban J connectivity index is 2.16. The lowest BCUT2D eigenvalue weighted by molar-refractivity contribution is -0.121. The molecule has 0 atom stereocenters. The van der Waals surface area contributed by atoms with Gasteiger partial charge in [-0.15, -0.1) is 0 Å². The first-order valence-corrected chi connectivity index (χ1v) is 7.36. The van der Waals surface area contributed by atoms with Crippen molar-refractivity contribution in [1.82, 2.24) is 5.32 Å². The van der Waals surface area contributed by atoms with E-state index < -0.39 is 0 Å². The number of rotatable bonds is 8. The highest BCUT2D eigenvalue weighted by Gasteiger charge is 2.15. The van der Waals surface area contributed by atoms with Crippen LogP contribution in [-0.2, 0) is 11.2 Å². The molecule has 0 heterocycles. The highest BCUT2D eigenvalue weighted by Crippen LogP contribution is 2.20. The molecule has 20 heavy (non-hydrogen) atoms. The third-order valence-corrected chi connectivity index (χ3v) is 3.54. The number of benzene rings is 1. The molecule has 0 saturated carbocycles. The van der Waals surface area contributed by atoms with Gasteiger partial charge in [0.15, 0.2) is 0 Å². The molecule has 2 N–H and O–H groups in total. The van der Waals surface area contributed by atoms with Crippen LogP contribution in [0.2, 0.25) is 0 Å². The summed E-state index contributed by atoms with van der Waals surface area (Å²) >= 11 is 0. The number of nitrogens with one attached hydrogen (secondary N) is 1. The number of hydrogen-bond acceptors (Lipinski definition) is 2. The predicted octanol–water partition coefficient (Wildman–Crippen LogP) is 2.84. The van der Waals surface area contributed by atoms with Gasteiger partial charge in [-0.25, -0.2) is 0 Å². The number of carbonyl (C=O) groups is 1. The van der Waals surface area contributed by atoms with Crippen molar-refractivity contribution >= 4 is 5.91 Å². The summed E-state index contributed by atoms with van der Waals surface area (Å²) in [4.78, 5) is 11.7. The van der Waals surface area contributed by atoms with Crippen molar-refractivity contribution in [2.75, 3.05) is 13.2 Å². The monoisotopic (exact) mass is 277 g/mol. The van der Waals surface area contributed by atoms with Gasteiger partial charge in [0.2, 0.25) is 5.91 Å². The molecule has 0 fully saturated rings. The molecule has 0 aliphatic heterocycles. The molecule has 1 amide bonds. The Kier molecular flexibility index (Phi) is 6.73. The van der Waals surface area contributed by atoms with Gasteiger partial charge in [-0.05, 0) is 37.2 Å². The molecule has 0 aliphatic carbocycles. The van der Waals surface area contributed by atoms with E-state index in [4.69, 9.17) is 5.11 Å². The van der Waals surface area contributed by atoms with E-state index in [2.05, 4.69) is 36.5 Å². The second kappa shape index (κ2) is 8.05. The summed E-state index contributed by atoms with van der Waals surface area (Å²) in [5.74, 6) is 0.104. The van der Waals surface area contributed by atoms with Crippen LogP contribution in [0.15, 0.2) is 24.3 Å². The van der Waals surface area contributed by atoms with E-state index in [9.17, 15) is 4.79 Å². The van der Waals surface area contributed by atoms with Crippen molar-refractivity contribution in [1.29, 1.82) is 0 Å². The largest absolute Gasteiger partial charge is 0.396 e. The van der Waals surface area contributed by atoms with E-state index in [-0.39, 0.29) is 17.9 Å². The molecule has 0 aliphatic rings. The highest BCUT2D eigenvalue weighted by atomic mass is 16.3. The Morgan fingerprint density at radius 1 is 1.25 bits per heavy atom. The van der Waals surface area contributed by atoms with Crippen LogP contribution >= 0.6 is 0 Å². The number of amides is 1. The quantitative estimate of drug-likeness (QED) is 0.718. The van der Waals surface area contributed by atoms with Crippen LogP contribution in [0.25, 0.3) is 0 Å². The van der Waals surface area contributed by atoms with E-state index in [1.807, 2.05) is 13.8 Å². The predicted molar refractivity (Wildman–Crippen MR) is 82.6 cm³/mol. The van der Waals surface area contributed by atoms with Gasteiger partial charge >= 0.3 is 0 Å². The zero-order valence-corrected chi connectivity index (χ0v) is 12.9. The second-order valence-electron chi connectivity index (χ2n) is 6.26. The van der Waals surface area contributed by atoms with Crippen molar-refractivity contribution in [2.45, 2.75) is 46.5 Å². The highest BCUT2D eigenvalue weighted by molar-refractivity contribution is 5.76. The normalized spacial score (nSPS) is 11.4. The summed E-state index contributed by atoms with van der Waals surface area (Å²) in [6, 6.07) is 8.30. The van der Waals surface area contributed by atoms with Gasteiger partial charge in [-0.3, -0.25) is 4.79 Å². The SMILES string of the molecule is Cc1ccc(CCC(=O)NCCCC(C)(C)CO)cc1. The van der Waals surface area contributed by atoms with Crippen LogP contribution in [0.1, 0.15) is 44.2 Å². The Labute approximate surface area is 122 Å². The Morgan fingerprint density at radius 2 is 1.90 bits per heavy atom. The lowest BCUT2D eigenvalue weighted by atomic mass is 9.89. The topological polar surface area (TPSA) is 49.3 Å². The van der Waals surface area contributed by atoms with Crippen LogP contribution in [0.3, 0.4) is 0 Å². The molecule has 0 aromatic heterocycles. The fourth-order valence-corrected chi connectivity index (χ4v) is 1.97. The van der Waals surface area contributed by atoms with E-state index in [1.165, 1.54) is 11.1 Å². The van der Waals surface area contributed by atoms with Crippen molar-refractivity contribution < 1.29 is 9.90 Å². The minimum absolute atomic E-state index is 0.0490. The molecule has 0 saturated heterocycles. The third kappa shape index (κ3) is 6.71. The second-order valence-corrected chi connectivity index (χ2v) is 6.26. The molecule has 112 valence electrons. The van der Waals surface area contributed by atoms with Gasteiger partial charge in [0.25, 0.3) is 0 Å². The van der Waals surface area contributed by atoms with E-state index >= 15 is 0 Å². The molecule has 0 spiro atoms. The molecule has 1 aromatic rings. The zero-order chi connectivity index (χ0) is 15.0. The molecule has 1 aromatic carbocycles. The van der Waals surface area contributed by atoms with Gasteiger partial charge in [0.1, 0.15) is 0 Å². The minimum Gasteiger partial charge on any atom is -0.396 e. The van der Waals surface area contributed by atoms with Gasteiger partial charge in [0, 0.05) is 19.6 Å². The molecule has 0 unspecified atom stereocenters. The maximum Gasteiger partial charge on any atom is 0.220 e. The summed E-state index contributed by atoms with van der Waals surface area (Å²) in [5, 5.41) is 12.1. The van der Waals surface area contributed by atoms with Crippen LogP contribution in [-0.4, -0.2) is 24.2 Å². The average Bonchev–Trinajstić information content (AvgIpc) is 2.43. The zero-order valence-electron chi connectivity index (χ0n) is 12.9. The number of carbonyl (C=O) groups excluding carboxylic acids is 1. The standard InChI is InChI=1S/C17H27NO2/c1-14-5-7-15(8-6-14)9-10-16(20)18-12-4-11-17(2,3)13-19/h5-8,19H,4,9-13H2,1-3H3,(H,18,20). The fourth-order valence-electron chi connectivity index (χ4n) is 1.97. The number of aliphatic hydroxyl groups is 1. The maximum atomic E-state index is 11.7. The molecular weight excluding hydrogens is 250 g/mol. The van der Waals surface area contributed by atoms with Gasteiger partial charge in [0.05, 0.1) is 0 Å². The van der Waals surface area contributed by atoms with Crippen LogP contribution in [0, 0.1) is 12.3 Å². The van der Waals surface area contributed by atoms with Crippen molar-refractivity contribution in [3.05, 3.63) is 35.4 Å². The lowest BCUT2D eigenvalue weighted by Gasteiger charge is -2.21. The van der Waals surface area contributed by atoms with Gasteiger partial charge in [-0.2, -0.15) is 0 Å². The molecule has 1 rings (SSSR count). The van der Waals surface area contributed by atoms with E-state index in [1.54, 1.807) is 0 Å². The van der Waals surface area contributed by atoms with Crippen molar-refractivity contribution in [2.24, 2.45) is 5.41 Å². The summed E-state index contributed by atoms with van der Waals surface area (Å²) in [7, 11) is 0. The smallest absolute Gasteiger partial charge is 0.220 e. The molecular formula is C17H27NO2. The molecule has 3 heteroatoms. The van der Waals surface area contributed by atoms with Crippen molar-refractivity contribution in [3.8, 4) is 0 Å². The van der Waals surface area contributed by atoms with E-state index in [0.29, 0.717) is 13.0 Å². The molecule has 0 radical (unpaired) electrons. The first kappa shape index (κ1) is 16.7. The van der Waals surface area contributed by atoms with Gasteiger partial charge in [-0.1, -0.05) is 43.7 Å². The number of aliphatic hydroxyl groups excluding tert-OH is 1. The first-order chi connectivity index (χ1) is 9.43. The third-order valence-electron chi connectivity index (χ3n) is 3.54. The molecule has 0 bridgehead atoms. The summed E-state index contributed by atoms with van der Waals surface area (Å²) in [5.41, 5.74) is 2.39.